The van der Waals surface area contributed by atoms with Gasteiger partial charge in [-0.3, -0.25) is 4.98 Å². The van der Waals surface area contributed by atoms with E-state index in [1.165, 1.54) is 0 Å². The number of hydrogen-bond donors (Lipinski definition) is 1. The van der Waals surface area contributed by atoms with Gasteiger partial charge in [0.05, 0.1) is 11.3 Å². The molecule has 0 saturated carbocycles. The second kappa shape index (κ2) is 4.78. The Kier molecular flexibility index (Phi) is 2.98. The number of aromatic nitrogens is 2. The van der Waals surface area contributed by atoms with E-state index in [2.05, 4.69) is 10.1 Å². The minimum absolute atomic E-state index is 0.364. The highest BCUT2D eigenvalue weighted by atomic mass is 16.5. The molecular weight excluding hydrogens is 230 g/mol. The second-order valence-electron chi connectivity index (χ2n) is 4.43. The molecule has 2 N–H and O–H groups in total. The Bertz CT molecular complexity index is 518. The van der Waals surface area contributed by atoms with Crippen LogP contribution < -0.4 is 5.73 Å². The summed E-state index contributed by atoms with van der Waals surface area (Å²) in [4.78, 5) is 4.02. The van der Waals surface area contributed by atoms with Crippen LogP contribution in [0.4, 0.5) is 5.88 Å². The highest BCUT2D eigenvalue weighted by Crippen LogP contribution is 2.37. The molecule has 1 saturated heterocycles. The monoisotopic (exact) mass is 245 g/mol. The fraction of sp³-hybridized carbons (Fsp3) is 0.385. The predicted molar refractivity (Wildman–Crippen MR) is 66.9 cm³/mol. The lowest BCUT2D eigenvalue weighted by molar-refractivity contribution is 0.0839. The third-order valence-electron chi connectivity index (χ3n) is 3.32. The zero-order valence-electron chi connectivity index (χ0n) is 10.0. The topological polar surface area (TPSA) is 74.2 Å². The van der Waals surface area contributed by atoms with E-state index in [4.69, 9.17) is 15.0 Å². The molecule has 94 valence electrons. The molecule has 3 rings (SSSR count). The number of pyridine rings is 1. The predicted octanol–water partition coefficient (Wildman–Crippen LogP) is 2.21. The van der Waals surface area contributed by atoms with E-state index < -0.39 is 0 Å². The van der Waals surface area contributed by atoms with Gasteiger partial charge in [-0.2, -0.15) is 0 Å². The molecule has 2 aromatic heterocycles. The van der Waals surface area contributed by atoms with Gasteiger partial charge in [-0.15, -0.1) is 0 Å². The van der Waals surface area contributed by atoms with Crippen LogP contribution >= 0.6 is 0 Å². The quantitative estimate of drug-likeness (QED) is 0.878. The van der Waals surface area contributed by atoms with Crippen LogP contribution in [-0.4, -0.2) is 23.4 Å². The maximum Gasteiger partial charge on any atom is 0.230 e. The Hall–Kier alpha value is -1.88. The molecule has 5 nitrogen and oxygen atoms in total. The van der Waals surface area contributed by atoms with E-state index in [9.17, 15) is 0 Å². The van der Waals surface area contributed by atoms with Gasteiger partial charge in [-0.25, -0.2) is 0 Å². The zero-order chi connectivity index (χ0) is 12.4. The normalized spacial score (nSPS) is 16.9. The maximum atomic E-state index is 5.90. The zero-order valence-corrected chi connectivity index (χ0v) is 10.0. The Labute approximate surface area is 105 Å². The number of rotatable bonds is 2. The van der Waals surface area contributed by atoms with Gasteiger partial charge in [-0.1, -0.05) is 5.16 Å². The molecule has 0 aromatic carbocycles. The summed E-state index contributed by atoms with van der Waals surface area (Å²) in [6.45, 7) is 1.54. The summed E-state index contributed by atoms with van der Waals surface area (Å²) in [6, 6.07) is 3.84. The fourth-order valence-electron chi connectivity index (χ4n) is 2.37. The van der Waals surface area contributed by atoms with Gasteiger partial charge in [-0.05, 0) is 30.5 Å². The average Bonchev–Trinajstić information content (AvgIpc) is 2.83. The molecule has 0 amide bonds. The first-order chi connectivity index (χ1) is 8.86. The van der Waals surface area contributed by atoms with Crippen LogP contribution in [0.15, 0.2) is 29.0 Å². The van der Waals surface area contributed by atoms with Gasteiger partial charge in [0.2, 0.25) is 5.88 Å². The van der Waals surface area contributed by atoms with Crippen molar-refractivity contribution in [3.63, 3.8) is 0 Å². The standard InChI is InChI=1S/C13H15N3O2/c14-13-11(9-1-5-15-6-2-9)12(16-18-13)10-3-7-17-8-4-10/h1-2,5-6,10H,3-4,7-8,14H2. The Balaban J connectivity index is 2.01. The summed E-state index contributed by atoms with van der Waals surface area (Å²) in [5.74, 6) is 0.741. The van der Waals surface area contributed by atoms with Crippen LogP contribution in [0.2, 0.25) is 0 Å². The molecule has 0 bridgehead atoms. The number of nitrogens with zero attached hydrogens (tertiary/aromatic N) is 2. The van der Waals surface area contributed by atoms with Crippen molar-refractivity contribution in [1.29, 1.82) is 0 Å². The summed E-state index contributed by atoms with van der Waals surface area (Å²) >= 11 is 0. The lowest BCUT2D eigenvalue weighted by Gasteiger charge is -2.20. The van der Waals surface area contributed by atoms with Gasteiger partial charge in [0.15, 0.2) is 0 Å². The molecule has 2 aromatic rings. The Morgan fingerprint density at radius 3 is 2.61 bits per heavy atom. The Morgan fingerprint density at radius 1 is 1.17 bits per heavy atom. The lowest BCUT2D eigenvalue weighted by Crippen LogP contribution is -2.15. The number of hydrogen-bond acceptors (Lipinski definition) is 5. The molecule has 0 radical (unpaired) electrons. The number of anilines is 1. The average molecular weight is 245 g/mol. The molecule has 3 heterocycles. The van der Waals surface area contributed by atoms with Crippen molar-refractivity contribution in [2.24, 2.45) is 0 Å². The van der Waals surface area contributed by atoms with Crippen molar-refractivity contribution in [2.75, 3.05) is 18.9 Å². The molecule has 5 heteroatoms. The van der Waals surface area contributed by atoms with Crippen LogP contribution in [0.1, 0.15) is 24.5 Å². The van der Waals surface area contributed by atoms with Crippen LogP contribution in [0.5, 0.6) is 0 Å². The van der Waals surface area contributed by atoms with Gasteiger partial charge >= 0.3 is 0 Å². The van der Waals surface area contributed by atoms with Crippen LogP contribution in [0, 0.1) is 0 Å². The lowest BCUT2D eigenvalue weighted by atomic mass is 9.91. The molecular formula is C13H15N3O2. The number of nitrogens with two attached hydrogens (primary N) is 1. The molecule has 0 atom stereocenters. The van der Waals surface area contributed by atoms with Crippen molar-refractivity contribution in [2.45, 2.75) is 18.8 Å². The fourth-order valence-corrected chi connectivity index (χ4v) is 2.37. The van der Waals surface area contributed by atoms with Crippen LogP contribution in [0.3, 0.4) is 0 Å². The van der Waals surface area contributed by atoms with Crippen molar-refractivity contribution in [1.82, 2.24) is 10.1 Å². The van der Waals surface area contributed by atoms with Gasteiger partial charge in [0.1, 0.15) is 0 Å². The first kappa shape index (κ1) is 11.2. The van der Waals surface area contributed by atoms with Crippen molar-refractivity contribution in [3.05, 3.63) is 30.2 Å². The van der Waals surface area contributed by atoms with Crippen molar-refractivity contribution in [3.8, 4) is 11.1 Å². The SMILES string of the molecule is Nc1onc(C2CCOCC2)c1-c1ccncc1. The summed E-state index contributed by atoms with van der Waals surface area (Å²) in [6.07, 6.45) is 5.42. The van der Waals surface area contributed by atoms with E-state index in [1.807, 2.05) is 12.1 Å². The molecule has 1 fully saturated rings. The first-order valence-corrected chi connectivity index (χ1v) is 6.09. The first-order valence-electron chi connectivity index (χ1n) is 6.09. The molecule has 1 aliphatic rings. The van der Waals surface area contributed by atoms with E-state index in [0.717, 1.165) is 42.9 Å². The summed E-state index contributed by atoms with van der Waals surface area (Å²) < 4.78 is 10.5. The molecule has 18 heavy (non-hydrogen) atoms. The van der Waals surface area contributed by atoms with E-state index >= 15 is 0 Å². The smallest absolute Gasteiger partial charge is 0.230 e. The minimum atomic E-state index is 0.364. The third kappa shape index (κ3) is 1.97. The number of nitrogen functional groups attached to an aromatic ring is 1. The van der Waals surface area contributed by atoms with Crippen LogP contribution in [-0.2, 0) is 4.74 Å². The number of ether oxygens (including phenoxy) is 1. The highest BCUT2D eigenvalue weighted by Gasteiger charge is 2.25. The molecule has 0 spiro atoms. The molecule has 1 aliphatic heterocycles. The van der Waals surface area contributed by atoms with Gasteiger partial charge in [0, 0.05) is 31.5 Å². The van der Waals surface area contributed by atoms with Crippen molar-refractivity contribution < 1.29 is 9.26 Å². The molecule has 0 unspecified atom stereocenters. The summed E-state index contributed by atoms with van der Waals surface area (Å²) in [5, 5.41) is 4.14. The third-order valence-corrected chi connectivity index (χ3v) is 3.32. The highest BCUT2D eigenvalue weighted by molar-refractivity contribution is 5.75. The van der Waals surface area contributed by atoms with Gasteiger partial charge in [0.25, 0.3) is 0 Å². The maximum absolute atomic E-state index is 5.90. The van der Waals surface area contributed by atoms with E-state index in [0.29, 0.717) is 11.8 Å². The van der Waals surface area contributed by atoms with E-state index in [1.54, 1.807) is 12.4 Å². The summed E-state index contributed by atoms with van der Waals surface area (Å²) in [5.41, 5.74) is 8.76. The second-order valence-corrected chi connectivity index (χ2v) is 4.43. The minimum Gasteiger partial charge on any atom is -0.381 e. The van der Waals surface area contributed by atoms with E-state index in [-0.39, 0.29) is 0 Å². The largest absolute Gasteiger partial charge is 0.381 e. The van der Waals surface area contributed by atoms with Gasteiger partial charge < -0.3 is 15.0 Å². The Morgan fingerprint density at radius 2 is 1.89 bits per heavy atom. The molecule has 0 aliphatic carbocycles. The van der Waals surface area contributed by atoms with Crippen molar-refractivity contribution >= 4 is 5.88 Å². The summed E-state index contributed by atoms with van der Waals surface area (Å²) in [7, 11) is 0. The van der Waals surface area contributed by atoms with Crippen LogP contribution in [0.25, 0.3) is 11.1 Å².